The Morgan fingerprint density at radius 2 is 1.86 bits per heavy atom. The van der Waals surface area contributed by atoms with Gasteiger partial charge in [-0.2, -0.15) is 0 Å². The molecule has 1 unspecified atom stereocenters. The van der Waals surface area contributed by atoms with Gasteiger partial charge in [-0.05, 0) is 30.5 Å². The number of fused-ring (bicyclic) bond motifs is 1. The average molecular weight is 281 g/mol. The Bertz CT molecular complexity index is 624. The Morgan fingerprint density at radius 1 is 1.14 bits per heavy atom. The predicted octanol–water partition coefficient (Wildman–Crippen LogP) is 3.18. The van der Waals surface area contributed by atoms with Gasteiger partial charge in [-0.1, -0.05) is 48.5 Å². The Balaban J connectivity index is 1.61. The summed E-state index contributed by atoms with van der Waals surface area (Å²) in [4.78, 5) is 14.3. The zero-order valence-corrected chi connectivity index (χ0v) is 12.2. The molecule has 0 fully saturated rings. The smallest absolute Gasteiger partial charge is 0.253 e. The zero-order chi connectivity index (χ0) is 14.7. The van der Waals surface area contributed by atoms with E-state index in [1.165, 1.54) is 5.56 Å². The van der Waals surface area contributed by atoms with Crippen molar-refractivity contribution in [3.63, 3.8) is 0 Å². The van der Waals surface area contributed by atoms with Crippen molar-refractivity contribution in [2.45, 2.75) is 26.0 Å². The molecule has 0 saturated heterocycles. The Kier molecular flexibility index (Phi) is 4.02. The largest absolute Gasteiger partial charge is 0.367 e. The van der Waals surface area contributed by atoms with Gasteiger partial charge in [0.2, 0.25) is 0 Å². The minimum atomic E-state index is 0.0309. The average Bonchev–Trinajstić information content (AvgIpc) is 2.84. The molecule has 0 spiro atoms. The van der Waals surface area contributed by atoms with Crippen molar-refractivity contribution >= 4 is 11.6 Å². The lowest BCUT2D eigenvalue weighted by molar-refractivity contribution is -0.123. The van der Waals surface area contributed by atoms with Crippen LogP contribution in [0.4, 0.5) is 5.69 Å². The van der Waals surface area contributed by atoms with Crippen LogP contribution in [0.1, 0.15) is 18.1 Å². The summed E-state index contributed by atoms with van der Waals surface area (Å²) in [7, 11) is 0. The Morgan fingerprint density at radius 3 is 2.67 bits per heavy atom. The van der Waals surface area contributed by atoms with E-state index in [0.717, 1.165) is 17.7 Å². The molecule has 3 rings (SSSR count). The first-order valence-corrected chi connectivity index (χ1v) is 7.27. The fourth-order valence-electron chi connectivity index (χ4n) is 2.85. The van der Waals surface area contributed by atoms with E-state index in [-0.39, 0.29) is 18.6 Å². The van der Waals surface area contributed by atoms with Crippen molar-refractivity contribution < 1.29 is 9.53 Å². The number of hydrogen-bond donors (Lipinski definition) is 0. The molecule has 1 heterocycles. The molecule has 0 radical (unpaired) electrons. The van der Waals surface area contributed by atoms with E-state index >= 15 is 0 Å². The fraction of sp³-hybridized carbons (Fsp3) is 0.278. The second-order valence-corrected chi connectivity index (χ2v) is 5.42. The van der Waals surface area contributed by atoms with E-state index in [2.05, 4.69) is 13.0 Å². The Labute approximate surface area is 125 Å². The maximum Gasteiger partial charge on any atom is 0.253 e. The van der Waals surface area contributed by atoms with E-state index in [9.17, 15) is 4.79 Å². The monoisotopic (exact) mass is 281 g/mol. The maximum absolute atomic E-state index is 12.4. The van der Waals surface area contributed by atoms with E-state index in [4.69, 9.17) is 4.74 Å². The van der Waals surface area contributed by atoms with Gasteiger partial charge in [0.15, 0.2) is 0 Å². The number of carbonyl (C=O) groups is 1. The molecule has 108 valence electrons. The van der Waals surface area contributed by atoms with E-state index in [0.29, 0.717) is 6.61 Å². The first-order valence-electron chi connectivity index (χ1n) is 7.27. The molecule has 1 amide bonds. The number of carbonyl (C=O) groups excluding carboxylic acids is 1. The molecule has 1 aliphatic heterocycles. The number of benzene rings is 2. The normalized spacial score (nSPS) is 16.8. The van der Waals surface area contributed by atoms with Crippen LogP contribution in [0.15, 0.2) is 54.6 Å². The summed E-state index contributed by atoms with van der Waals surface area (Å²) in [6.45, 7) is 2.67. The van der Waals surface area contributed by atoms with Crippen molar-refractivity contribution in [2.24, 2.45) is 0 Å². The lowest BCUT2D eigenvalue weighted by Gasteiger charge is -2.22. The molecule has 0 bridgehead atoms. The highest BCUT2D eigenvalue weighted by Gasteiger charge is 2.30. The summed E-state index contributed by atoms with van der Waals surface area (Å²) < 4.78 is 5.57. The lowest BCUT2D eigenvalue weighted by atomic mass is 10.1. The van der Waals surface area contributed by atoms with E-state index < -0.39 is 0 Å². The first-order chi connectivity index (χ1) is 10.3. The number of para-hydroxylation sites is 1. The molecule has 0 aliphatic carbocycles. The molecule has 0 aromatic heterocycles. The molecule has 1 aliphatic rings. The van der Waals surface area contributed by atoms with Gasteiger partial charge in [-0.15, -0.1) is 0 Å². The minimum absolute atomic E-state index is 0.0309. The van der Waals surface area contributed by atoms with Crippen LogP contribution >= 0.6 is 0 Å². The minimum Gasteiger partial charge on any atom is -0.367 e. The van der Waals surface area contributed by atoms with Crippen LogP contribution in [-0.4, -0.2) is 18.6 Å². The Hall–Kier alpha value is -2.13. The summed E-state index contributed by atoms with van der Waals surface area (Å²) in [5, 5.41) is 0. The third kappa shape index (κ3) is 2.98. The van der Waals surface area contributed by atoms with Gasteiger partial charge in [-0.3, -0.25) is 4.79 Å². The number of rotatable bonds is 4. The van der Waals surface area contributed by atoms with Crippen LogP contribution in [-0.2, 0) is 22.6 Å². The second kappa shape index (κ2) is 6.10. The summed E-state index contributed by atoms with van der Waals surface area (Å²) in [5.74, 6) is 0.0309. The standard InChI is InChI=1S/C18H19NO2/c1-14-11-16-9-5-6-10-17(16)19(14)18(20)13-21-12-15-7-3-2-4-8-15/h2-10,14H,11-13H2,1H3. The van der Waals surface area contributed by atoms with Crippen LogP contribution in [0, 0.1) is 0 Å². The number of anilines is 1. The molecule has 3 nitrogen and oxygen atoms in total. The third-order valence-corrected chi connectivity index (χ3v) is 3.81. The molecule has 2 aromatic carbocycles. The van der Waals surface area contributed by atoms with Gasteiger partial charge in [0.05, 0.1) is 6.61 Å². The van der Waals surface area contributed by atoms with Crippen molar-refractivity contribution in [1.29, 1.82) is 0 Å². The highest BCUT2D eigenvalue weighted by molar-refractivity contribution is 5.97. The third-order valence-electron chi connectivity index (χ3n) is 3.81. The number of nitrogens with zero attached hydrogens (tertiary/aromatic N) is 1. The van der Waals surface area contributed by atoms with Gasteiger partial charge in [0, 0.05) is 11.7 Å². The van der Waals surface area contributed by atoms with Crippen LogP contribution in [0.5, 0.6) is 0 Å². The summed E-state index contributed by atoms with van der Waals surface area (Å²) in [6.07, 6.45) is 0.917. The van der Waals surface area contributed by atoms with Gasteiger partial charge in [-0.25, -0.2) is 0 Å². The van der Waals surface area contributed by atoms with Crippen LogP contribution in [0.3, 0.4) is 0 Å². The van der Waals surface area contributed by atoms with Gasteiger partial charge < -0.3 is 9.64 Å². The maximum atomic E-state index is 12.4. The van der Waals surface area contributed by atoms with Gasteiger partial charge >= 0.3 is 0 Å². The molecule has 1 atom stereocenters. The molecule has 0 saturated carbocycles. The van der Waals surface area contributed by atoms with Crippen LogP contribution in [0.2, 0.25) is 0 Å². The highest BCUT2D eigenvalue weighted by Crippen LogP contribution is 2.31. The topological polar surface area (TPSA) is 29.5 Å². The lowest BCUT2D eigenvalue weighted by Crippen LogP contribution is -2.38. The summed E-state index contributed by atoms with van der Waals surface area (Å²) >= 11 is 0. The SMILES string of the molecule is CC1Cc2ccccc2N1C(=O)COCc1ccccc1. The molecule has 21 heavy (non-hydrogen) atoms. The van der Waals surface area contributed by atoms with E-state index in [1.807, 2.05) is 53.4 Å². The van der Waals surface area contributed by atoms with Crippen LogP contribution in [0.25, 0.3) is 0 Å². The molecule has 3 heteroatoms. The predicted molar refractivity (Wildman–Crippen MR) is 83.2 cm³/mol. The first kappa shape index (κ1) is 13.8. The second-order valence-electron chi connectivity index (χ2n) is 5.42. The van der Waals surface area contributed by atoms with Gasteiger partial charge in [0.1, 0.15) is 6.61 Å². The number of amides is 1. The van der Waals surface area contributed by atoms with Crippen molar-refractivity contribution in [1.82, 2.24) is 0 Å². The molecule has 0 N–H and O–H groups in total. The molecular weight excluding hydrogens is 262 g/mol. The quantitative estimate of drug-likeness (QED) is 0.861. The number of hydrogen-bond acceptors (Lipinski definition) is 2. The van der Waals surface area contributed by atoms with Crippen molar-refractivity contribution in [2.75, 3.05) is 11.5 Å². The summed E-state index contributed by atoms with van der Waals surface area (Å²) in [6, 6.07) is 18.2. The molecule has 2 aromatic rings. The number of ether oxygens (including phenoxy) is 1. The van der Waals surface area contributed by atoms with Crippen LogP contribution < -0.4 is 4.90 Å². The van der Waals surface area contributed by atoms with Gasteiger partial charge in [0.25, 0.3) is 5.91 Å². The van der Waals surface area contributed by atoms with Crippen molar-refractivity contribution in [3.05, 3.63) is 65.7 Å². The molecular formula is C18H19NO2. The zero-order valence-electron chi connectivity index (χ0n) is 12.2. The van der Waals surface area contributed by atoms with E-state index in [1.54, 1.807) is 0 Å². The van der Waals surface area contributed by atoms with Crippen molar-refractivity contribution in [3.8, 4) is 0 Å². The fourth-order valence-corrected chi connectivity index (χ4v) is 2.85. The highest BCUT2D eigenvalue weighted by atomic mass is 16.5. The summed E-state index contributed by atoms with van der Waals surface area (Å²) in [5.41, 5.74) is 3.35.